The molecule has 1 aromatic carbocycles. The molecule has 6 nitrogen and oxygen atoms in total. The number of hydrogen-bond donors (Lipinski definition) is 4. The third-order valence-corrected chi connectivity index (χ3v) is 8.74. The third-order valence-electron chi connectivity index (χ3n) is 6.58. The van der Waals surface area contributed by atoms with Crippen LogP contribution in [0.2, 0.25) is 0 Å². The molecule has 3 aliphatic rings. The average molecular weight is 515 g/mol. The van der Waals surface area contributed by atoms with Crippen LogP contribution in [0.1, 0.15) is 52.9 Å². The van der Waals surface area contributed by atoms with Gasteiger partial charge in [-0.25, -0.2) is 0 Å². The molecule has 1 atom stereocenters. The van der Waals surface area contributed by atoms with Crippen LogP contribution in [0.5, 0.6) is 0 Å². The van der Waals surface area contributed by atoms with Gasteiger partial charge in [0.05, 0.1) is 5.56 Å². The maximum absolute atomic E-state index is 13.2. The summed E-state index contributed by atoms with van der Waals surface area (Å²) in [4.78, 5) is 28.1. The van der Waals surface area contributed by atoms with E-state index in [9.17, 15) is 9.59 Å². The number of rotatable bonds is 8. The molecule has 1 aromatic heterocycles. The fourth-order valence-corrected chi connectivity index (χ4v) is 6.28. The molecule has 5 rings (SSSR count). The monoisotopic (exact) mass is 514 g/mol. The van der Waals surface area contributed by atoms with E-state index in [1.165, 1.54) is 22.6 Å². The van der Waals surface area contributed by atoms with E-state index in [1.807, 2.05) is 12.1 Å². The van der Waals surface area contributed by atoms with Crippen LogP contribution < -0.4 is 21.3 Å². The van der Waals surface area contributed by atoms with Crippen LogP contribution in [0, 0.1) is 11.8 Å². The molecule has 4 N–H and O–H groups in total. The molecule has 2 fully saturated rings. The largest absolute Gasteiger partial charge is 0.359 e. The molecule has 2 aromatic rings. The summed E-state index contributed by atoms with van der Waals surface area (Å²) >= 11 is 8.86. The SMILES string of the molecule is CSc1cccc(NC(=S)N[C@H]2CCc3sc(NC(=O)C4CC4)c(C(=O)NCC4CC4)c3C2)c1. The van der Waals surface area contributed by atoms with Crippen LogP contribution >= 0.6 is 35.3 Å². The summed E-state index contributed by atoms with van der Waals surface area (Å²) in [5.41, 5.74) is 2.68. The molecule has 0 unspecified atom stereocenters. The normalized spacial score (nSPS) is 19.1. The molecule has 0 saturated heterocycles. The number of hydrogen-bond acceptors (Lipinski definition) is 5. The fourth-order valence-electron chi connectivity index (χ4n) is 4.30. The van der Waals surface area contributed by atoms with Crippen molar-refractivity contribution in [2.24, 2.45) is 11.8 Å². The van der Waals surface area contributed by atoms with Crippen molar-refractivity contribution in [1.82, 2.24) is 10.6 Å². The Morgan fingerprint density at radius 1 is 1.15 bits per heavy atom. The lowest BCUT2D eigenvalue weighted by Gasteiger charge is -2.25. The van der Waals surface area contributed by atoms with Gasteiger partial charge in [-0.15, -0.1) is 23.1 Å². The van der Waals surface area contributed by atoms with Crippen LogP contribution in [-0.4, -0.2) is 35.8 Å². The number of carbonyl (C=O) groups is 2. The predicted octanol–water partition coefficient (Wildman–Crippen LogP) is 4.80. The van der Waals surface area contributed by atoms with Gasteiger partial charge in [0.2, 0.25) is 5.91 Å². The molecule has 0 radical (unpaired) electrons. The van der Waals surface area contributed by atoms with Crippen molar-refractivity contribution in [2.45, 2.75) is 55.9 Å². The summed E-state index contributed by atoms with van der Waals surface area (Å²) in [7, 11) is 0. The number of fused-ring (bicyclic) bond motifs is 1. The third kappa shape index (κ3) is 5.75. The number of carbonyl (C=O) groups excluding carboxylic acids is 2. The molecule has 3 aliphatic carbocycles. The van der Waals surface area contributed by atoms with Gasteiger partial charge in [-0.05, 0) is 93.1 Å². The smallest absolute Gasteiger partial charge is 0.254 e. The van der Waals surface area contributed by atoms with E-state index >= 15 is 0 Å². The van der Waals surface area contributed by atoms with Crippen LogP contribution in [0.25, 0.3) is 0 Å². The Balaban J connectivity index is 1.29. The summed E-state index contributed by atoms with van der Waals surface area (Å²) in [6.45, 7) is 0.713. The Morgan fingerprint density at radius 3 is 2.71 bits per heavy atom. The zero-order chi connectivity index (χ0) is 23.7. The number of thiophene rings is 1. The van der Waals surface area contributed by atoms with E-state index in [4.69, 9.17) is 12.2 Å². The second-order valence-corrected chi connectivity index (χ2v) is 11.8. The topological polar surface area (TPSA) is 82.3 Å². The van der Waals surface area contributed by atoms with Gasteiger partial charge in [0.15, 0.2) is 5.11 Å². The average Bonchev–Trinajstić information content (AvgIpc) is 3.74. The van der Waals surface area contributed by atoms with Crippen LogP contribution in [-0.2, 0) is 17.6 Å². The van der Waals surface area contributed by atoms with Crippen molar-refractivity contribution in [3.8, 4) is 0 Å². The lowest BCUT2D eigenvalue weighted by molar-refractivity contribution is -0.117. The van der Waals surface area contributed by atoms with Crippen molar-refractivity contribution in [2.75, 3.05) is 23.4 Å². The van der Waals surface area contributed by atoms with Gasteiger partial charge in [0.1, 0.15) is 5.00 Å². The van der Waals surface area contributed by atoms with Crippen LogP contribution in [0.4, 0.5) is 10.7 Å². The minimum atomic E-state index is -0.0641. The lowest BCUT2D eigenvalue weighted by atomic mass is 9.91. The summed E-state index contributed by atoms with van der Waals surface area (Å²) in [6.07, 6.45) is 8.81. The Kier molecular flexibility index (Phi) is 7.13. The van der Waals surface area contributed by atoms with E-state index in [2.05, 4.69) is 39.7 Å². The minimum Gasteiger partial charge on any atom is -0.359 e. The number of anilines is 2. The van der Waals surface area contributed by atoms with Crippen molar-refractivity contribution in [3.63, 3.8) is 0 Å². The molecule has 9 heteroatoms. The standard InChI is InChI=1S/C25H30N4O2S3/c1-33-18-4-2-3-16(11-18)27-25(32)28-17-9-10-20-19(12-17)21(23(31)26-13-14-5-6-14)24(34-20)29-22(30)15-7-8-15/h2-4,11,14-15,17H,5-10,12-13H2,1H3,(H,26,31)(H,29,30)(H2,27,28,32)/t17-/m0/s1. The van der Waals surface area contributed by atoms with E-state index < -0.39 is 0 Å². The molecule has 34 heavy (non-hydrogen) atoms. The highest BCUT2D eigenvalue weighted by molar-refractivity contribution is 7.98. The van der Waals surface area contributed by atoms with Crippen LogP contribution in [0.15, 0.2) is 29.2 Å². The first-order valence-electron chi connectivity index (χ1n) is 12.0. The molecule has 180 valence electrons. The first kappa shape index (κ1) is 23.6. The number of amides is 2. The number of nitrogens with one attached hydrogen (secondary N) is 4. The zero-order valence-electron chi connectivity index (χ0n) is 19.2. The second kappa shape index (κ2) is 10.3. The first-order valence-corrected chi connectivity index (χ1v) is 14.4. The summed E-state index contributed by atoms with van der Waals surface area (Å²) in [5, 5.41) is 14.2. The number of thioether (sulfide) groups is 1. The van der Waals surface area contributed by atoms with Gasteiger partial charge in [0, 0.05) is 34.0 Å². The Hall–Kier alpha value is -2.10. The van der Waals surface area contributed by atoms with Crippen LogP contribution in [0.3, 0.4) is 0 Å². The molecule has 0 spiro atoms. The second-order valence-electron chi connectivity index (χ2n) is 9.39. The molecular formula is C25H30N4O2S3. The minimum absolute atomic E-state index is 0.0439. The summed E-state index contributed by atoms with van der Waals surface area (Å²) < 4.78 is 0. The Labute approximate surface area is 214 Å². The zero-order valence-corrected chi connectivity index (χ0v) is 21.7. The van der Waals surface area contributed by atoms with E-state index in [-0.39, 0.29) is 23.8 Å². The van der Waals surface area contributed by atoms with Crippen molar-refractivity contribution in [3.05, 3.63) is 40.3 Å². The lowest BCUT2D eigenvalue weighted by Crippen LogP contribution is -2.41. The highest BCUT2D eigenvalue weighted by Gasteiger charge is 2.34. The van der Waals surface area contributed by atoms with E-state index in [0.717, 1.165) is 36.9 Å². The molecule has 0 bridgehead atoms. The number of benzene rings is 1. The maximum atomic E-state index is 13.2. The highest BCUT2D eigenvalue weighted by atomic mass is 32.2. The summed E-state index contributed by atoms with van der Waals surface area (Å²) in [6, 6.07) is 8.30. The molecule has 1 heterocycles. The van der Waals surface area contributed by atoms with Gasteiger partial charge in [-0.3, -0.25) is 9.59 Å². The highest BCUT2D eigenvalue weighted by Crippen LogP contribution is 2.40. The maximum Gasteiger partial charge on any atom is 0.254 e. The molecular weight excluding hydrogens is 485 g/mol. The predicted molar refractivity (Wildman–Crippen MR) is 144 cm³/mol. The molecule has 0 aliphatic heterocycles. The van der Waals surface area contributed by atoms with E-state index in [1.54, 1.807) is 23.1 Å². The van der Waals surface area contributed by atoms with Crippen molar-refractivity contribution >= 4 is 62.9 Å². The van der Waals surface area contributed by atoms with Crippen molar-refractivity contribution < 1.29 is 9.59 Å². The first-order chi connectivity index (χ1) is 16.5. The van der Waals surface area contributed by atoms with Crippen molar-refractivity contribution in [1.29, 1.82) is 0 Å². The quantitative estimate of drug-likeness (QED) is 0.299. The van der Waals surface area contributed by atoms with E-state index in [0.29, 0.717) is 34.6 Å². The van der Waals surface area contributed by atoms with Gasteiger partial charge in [-0.2, -0.15) is 0 Å². The van der Waals surface area contributed by atoms with Gasteiger partial charge < -0.3 is 21.3 Å². The number of thiocarbonyl (C=S) groups is 1. The molecule has 2 amide bonds. The van der Waals surface area contributed by atoms with Gasteiger partial charge >= 0.3 is 0 Å². The fraction of sp³-hybridized carbons (Fsp3) is 0.480. The number of aryl methyl sites for hydroxylation is 1. The Morgan fingerprint density at radius 2 is 1.97 bits per heavy atom. The Bertz CT molecular complexity index is 1110. The summed E-state index contributed by atoms with van der Waals surface area (Å²) in [5.74, 6) is 0.683. The molecule has 2 saturated carbocycles. The van der Waals surface area contributed by atoms with Gasteiger partial charge in [-0.1, -0.05) is 6.07 Å². The van der Waals surface area contributed by atoms with Gasteiger partial charge in [0.25, 0.3) is 5.91 Å².